The molecule has 0 bridgehead atoms. The van der Waals surface area contributed by atoms with Crippen LogP contribution in [0.25, 0.3) is 17.4 Å². The van der Waals surface area contributed by atoms with Gasteiger partial charge in [-0.2, -0.15) is 0 Å². The van der Waals surface area contributed by atoms with Gasteiger partial charge in [0.1, 0.15) is 17.3 Å². The first-order valence-corrected chi connectivity index (χ1v) is 13.8. The molecule has 5 rings (SSSR count). The predicted octanol–water partition coefficient (Wildman–Crippen LogP) is 4.53. The van der Waals surface area contributed by atoms with E-state index in [4.69, 9.17) is 13.9 Å². The van der Waals surface area contributed by atoms with Gasteiger partial charge in [0.15, 0.2) is 4.80 Å². The monoisotopic (exact) mass is 622 g/mol. The van der Waals surface area contributed by atoms with E-state index in [1.807, 2.05) is 6.07 Å². The maximum Gasteiger partial charge on any atom is 0.338 e. The topological polar surface area (TPSA) is 120 Å². The van der Waals surface area contributed by atoms with Crippen molar-refractivity contribution in [1.29, 1.82) is 0 Å². The number of nitrogens with zero attached hydrogens (tertiary/aromatic N) is 2. The van der Waals surface area contributed by atoms with Gasteiger partial charge in [-0.15, -0.1) is 0 Å². The molecule has 4 aromatic rings. The van der Waals surface area contributed by atoms with E-state index in [2.05, 4.69) is 20.9 Å². The summed E-state index contributed by atoms with van der Waals surface area (Å²) in [5.41, 5.74) is 1.80. The second-order valence-electron chi connectivity index (χ2n) is 8.78. The second kappa shape index (κ2) is 11.1. The number of carbonyl (C=O) groups is 2. The highest BCUT2D eigenvalue weighted by Gasteiger charge is 2.33. The molecule has 0 fully saturated rings. The van der Waals surface area contributed by atoms with E-state index in [-0.39, 0.29) is 23.3 Å². The number of esters is 1. The number of ether oxygens (including phenoxy) is 2. The van der Waals surface area contributed by atoms with Crippen LogP contribution in [0.3, 0.4) is 0 Å². The van der Waals surface area contributed by atoms with Gasteiger partial charge >= 0.3 is 11.9 Å². The molecule has 40 heavy (non-hydrogen) atoms. The Hall–Kier alpha value is -4.22. The summed E-state index contributed by atoms with van der Waals surface area (Å²) in [6.45, 7) is 3.62. The van der Waals surface area contributed by atoms with Gasteiger partial charge in [0, 0.05) is 11.6 Å². The SMILES string of the molecule is CCOC(=O)C1=C(C)N=c2s/c(=C/c3ccc(-c4cccc(C(=O)O)c4)o3)c(=O)n2[C@@H]1c1ccc(OC)c(Br)c1. The Morgan fingerprint density at radius 3 is 2.70 bits per heavy atom. The van der Waals surface area contributed by atoms with Gasteiger partial charge in [-0.1, -0.05) is 29.5 Å². The molecule has 0 spiro atoms. The van der Waals surface area contributed by atoms with Gasteiger partial charge in [0.05, 0.1) is 45.6 Å². The quantitative estimate of drug-likeness (QED) is 0.301. The van der Waals surface area contributed by atoms with Gasteiger partial charge in [0.2, 0.25) is 0 Å². The summed E-state index contributed by atoms with van der Waals surface area (Å²) in [7, 11) is 1.56. The van der Waals surface area contributed by atoms with Crippen molar-refractivity contribution in [2.75, 3.05) is 13.7 Å². The molecule has 2 aromatic heterocycles. The van der Waals surface area contributed by atoms with Crippen LogP contribution in [0.5, 0.6) is 5.75 Å². The Morgan fingerprint density at radius 1 is 1.20 bits per heavy atom. The molecule has 1 aliphatic heterocycles. The van der Waals surface area contributed by atoms with E-state index in [0.29, 0.717) is 47.9 Å². The van der Waals surface area contributed by atoms with Crippen LogP contribution in [0.4, 0.5) is 0 Å². The van der Waals surface area contributed by atoms with Crippen molar-refractivity contribution in [1.82, 2.24) is 4.57 Å². The number of carboxylic acids is 1. The zero-order chi connectivity index (χ0) is 28.6. The third-order valence-electron chi connectivity index (χ3n) is 6.30. The molecule has 3 heterocycles. The summed E-state index contributed by atoms with van der Waals surface area (Å²) < 4.78 is 19.1. The third-order valence-corrected chi connectivity index (χ3v) is 7.91. The molecule has 1 N–H and O–H groups in total. The van der Waals surface area contributed by atoms with Crippen molar-refractivity contribution < 1.29 is 28.6 Å². The Bertz CT molecular complexity index is 1870. The fourth-order valence-electron chi connectivity index (χ4n) is 4.48. The summed E-state index contributed by atoms with van der Waals surface area (Å²) >= 11 is 4.68. The molecule has 0 unspecified atom stereocenters. The molecule has 0 saturated heterocycles. The number of furan rings is 1. The fraction of sp³-hybridized carbons (Fsp3) is 0.172. The molecular formula is C29H23BrN2O7S. The summed E-state index contributed by atoms with van der Waals surface area (Å²) in [5, 5.41) is 9.29. The molecule has 9 nitrogen and oxygen atoms in total. The van der Waals surface area contributed by atoms with E-state index in [1.54, 1.807) is 63.4 Å². The van der Waals surface area contributed by atoms with Crippen molar-refractivity contribution in [3.05, 3.63) is 107 Å². The van der Waals surface area contributed by atoms with Crippen molar-refractivity contribution in [2.45, 2.75) is 19.9 Å². The number of aromatic nitrogens is 1. The lowest BCUT2D eigenvalue weighted by molar-refractivity contribution is -0.139. The molecular weight excluding hydrogens is 600 g/mol. The lowest BCUT2D eigenvalue weighted by Gasteiger charge is -2.25. The first-order valence-electron chi connectivity index (χ1n) is 12.2. The third kappa shape index (κ3) is 5.05. The number of allylic oxidation sites excluding steroid dienone is 1. The van der Waals surface area contributed by atoms with E-state index in [0.717, 1.165) is 0 Å². The highest BCUT2D eigenvalue weighted by molar-refractivity contribution is 9.10. The Balaban J connectivity index is 1.63. The first-order chi connectivity index (χ1) is 19.2. The lowest BCUT2D eigenvalue weighted by atomic mass is 9.96. The number of thiazole rings is 1. The molecule has 0 amide bonds. The molecule has 204 valence electrons. The van der Waals surface area contributed by atoms with Crippen LogP contribution in [0, 0.1) is 0 Å². The zero-order valence-electron chi connectivity index (χ0n) is 21.6. The first kappa shape index (κ1) is 27.4. The number of hydrogen-bond donors (Lipinski definition) is 1. The van der Waals surface area contributed by atoms with Crippen LogP contribution in [0.2, 0.25) is 0 Å². The highest BCUT2D eigenvalue weighted by Crippen LogP contribution is 2.35. The molecule has 1 aliphatic rings. The van der Waals surface area contributed by atoms with Gasteiger partial charge in [-0.05, 0) is 71.7 Å². The summed E-state index contributed by atoms with van der Waals surface area (Å²) in [4.78, 5) is 43.2. The van der Waals surface area contributed by atoms with E-state index < -0.39 is 18.0 Å². The van der Waals surface area contributed by atoms with Crippen molar-refractivity contribution in [3.63, 3.8) is 0 Å². The summed E-state index contributed by atoms with van der Waals surface area (Å²) in [6, 6.07) is 14.4. The lowest BCUT2D eigenvalue weighted by Crippen LogP contribution is -2.39. The number of fused-ring (bicyclic) bond motifs is 1. The maximum absolute atomic E-state index is 13.8. The summed E-state index contributed by atoms with van der Waals surface area (Å²) in [5.74, 6) is -0.105. The number of aromatic carboxylic acids is 1. The minimum absolute atomic E-state index is 0.140. The number of methoxy groups -OCH3 is 1. The number of hydrogen-bond acceptors (Lipinski definition) is 8. The van der Waals surface area contributed by atoms with E-state index >= 15 is 0 Å². The minimum atomic E-state index is -1.04. The van der Waals surface area contributed by atoms with Crippen molar-refractivity contribution in [3.8, 4) is 17.1 Å². The van der Waals surface area contributed by atoms with Crippen LogP contribution in [0.15, 0.2) is 84.5 Å². The number of rotatable bonds is 7. The van der Waals surface area contributed by atoms with Crippen LogP contribution in [-0.2, 0) is 9.53 Å². The van der Waals surface area contributed by atoms with Gasteiger partial charge in [-0.25, -0.2) is 14.6 Å². The van der Waals surface area contributed by atoms with E-state index in [9.17, 15) is 19.5 Å². The Kier molecular flexibility index (Phi) is 7.59. The Labute approximate surface area is 240 Å². The molecule has 0 saturated carbocycles. The predicted molar refractivity (Wildman–Crippen MR) is 152 cm³/mol. The van der Waals surface area contributed by atoms with E-state index in [1.165, 1.54) is 28.0 Å². The van der Waals surface area contributed by atoms with Crippen LogP contribution in [-0.4, -0.2) is 35.3 Å². The average Bonchev–Trinajstić information content (AvgIpc) is 3.52. The standard InChI is InChI=1S/C29H23BrN2O7S/c1-4-38-28(36)24-15(2)31-29-32(25(24)17-8-10-22(37-3)20(30)13-17)26(33)23(40-29)14-19-9-11-21(39-19)16-6-5-7-18(12-16)27(34)35/h5-14,25H,4H2,1-3H3,(H,34,35)/b23-14+/t25-/m1/s1. The summed E-state index contributed by atoms with van der Waals surface area (Å²) in [6.07, 6.45) is 1.61. The molecule has 11 heteroatoms. The van der Waals surface area contributed by atoms with Gasteiger partial charge in [-0.3, -0.25) is 9.36 Å². The molecule has 0 radical (unpaired) electrons. The van der Waals surface area contributed by atoms with Gasteiger partial charge in [0.25, 0.3) is 5.56 Å². The fourth-order valence-corrected chi connectivity index (χ4v) is 6.06. The second-order valence-corrected chi connectivity index (χ2v) is 10.6. The molecule has 0 aliphatic carbocycles. The Morgan fingerprint density at radius 2 is 2.00 bits per heavy atom. The molecule has 2 aromatic carbocycles. The maximum atomic E-state index is 13.8. The number of carboxylic acid groups (broad SMARTS) is 1. The molecule has 1 atom stereocenters. The van der Waals surface area contributed by atoms with Crippen molar-refractivity contribution in [2.24, 2.45) is 4.99 Å². The van der Waals surface area contributed by atoms with Crippen LogP contribution in [0.1, 0.15) is 41.6 Å². The number of halogens is 1. The number of benzene rings is 2. The minimum Gasteiger partial charge on any atom is -0.496 e. The van der Waals surface area contributed by atoms with Gasteiger partial charge < -0.3 is 19.0 Å². The average molecular weight is 623 g/mol. The normalized spacial score (nSPS) is 15.0. The highest BCUT2D eigenvalue weighted by atomic mass is 79.9. The van der Waals surface area contributed by atoms with Crippen LogP contribution >= 0.6 is 27.3 Å². The van der Waals surface area contributed by atoms with Crippen LogP contribution < -0.4 is 19.6 Å². The zero-order valence-corrected chi connectivity index (χ0v) is 24.0. The largest absolute Gasteiger partial charge is 0.496 e. The smallest absolute Gasteiger partial charge is 0.338 e. The number of carbonyl (C=O) groups excluding carboxylic acids is 1. The van der Waals surface area contributed by atoms with Crippen molar-refractivity contribution >= 4 is 45.3 Å².